The Hall–Kier alpha value is -1.53. The molecule has 2 rings (SSSR count). The molecule has 98 valence electrons. The molecule has 1 aromatic heterocycles. The first-order chi connectivity index (χ1) is 8.81. The SMILES string of the molecule is CCCNC1COCC1C(=O)Nc1cccnn1. The monoisotopic (exact) mass is 250 g/mol. The molecule has 2 unspecified atom stereocenters. The van der Waals surface area contributed by atoms with Crippen LogP contribution < -0.4 is 10.6 Å². The van der Waals surface area contributed by atoms with Crippen LogP contribution in [0.15, 0.2) is 18.3 Å². The van der Waals surface area contributed by atoms with Gasteiger partial charge in [-0.1, -0.05) is 6.92 Å². The van der Waals surface area contributed by atoms with Crippen molar-refractivity contribution in [2.75, 3.05) is 25.1 Å². The van der Waals surface area contributed by atoms with Gasteiger partial charge in [-0.2, -0.15) is 5.10 Å². The highest BCUT2D eigenvalue weighted by Gasteiger charge is 2.33. The maximum Gasteiger partial charge on any atom is 0.232 e. The molecule has 6 heteroatoms. The van der Waals surface area contributed by atoms with E-state index >= 15 is 0 Å². The lowest BCUT2D eigenvalue weighted by molar-refractivity contribution is -0.120. The molecule has 1 amide bonds. The second-order valence-electron chi connectivity index (χ2n) is 4.30. The molecule has 18 heavy (non-hydrogen) atoms. The average Bonchev–Trinajstić information content (AvgIpc) is 2.86. The predicted octanol–water partition coefficient (Wildman–Crippen LogP) is 0.430. The van der Waals surface area contributed by atoms with Gasteiger partial charge in [0.25, 0.3) is 0 Å². The van der Waals surface area contributed by atoms with Crippen molar-refractivity contribution in [3.8, 4) is 0 Å². The standard InChI is InChI=1S/C12H18N4O2/c1-2-5-13-10-8-18-7-9(10)12(17)15-11-4-3-6-14-16-11/h3-4,6,9-10,13H,2,5,7-8H2,1H3,(H,15,16,17). The molecule has 0 spiro atoms. The van der Waals surface area contributed by atoms with Crippen molar-refractivity contribution in [2.45, 2.75) is 19.4 Å². The number of aromatic nitrogens is 2. The van der Waals surface area contributed by atoms with Crippen LogP contribution in [0.4, 0.5) is 5.82 Å². The minimum absolute atomic E-state index is 0.0680. The Morgan fingerprint density at radius 2 is 2.44 bits per heavy atom. The van der Waals surface area contributed by atoms with Gasteiger partial charge < -0.3 is 15.4 Å². The van der Waals surface area contributed by atoms with Crippen molar-refractivity contribution >= 4 is 11.7 Å². The Labute approximate surface area is 106 Å². The fraction of sp³-hybridized carbons (Fsp3) is 0.583. The lowest BCUT2D eigenvalue weighted by atomic mass is 10.0. The quantitative estimate of drug-likeness (QED) is 0.792. The second kappa shape index (κ2) is 6.42. The molecule has 2 N–H and O–H groups in total. The highest BCUT2D eigenvalue weighted by atomic mass is 16.5. The zero-order valence-corrected chi connectivity index (χ0v) is 10.4. The van der Waals surface area contributed by atoms with E-state index in [2.05, 4.69) is 27.8 Å². The van der Waals surface area contributed by atoms with Gasteiger partial charge >= 0.3 is 0 Å². The van der Waals surface area contributed by atoms with Gasteiger partial charge in [-0.15, -0.1) is 5.10 Å². The van der Waals surface area contributed by atoms with Gasteiger partial charge in [-0.3, -0.25) is 4.79 Å². The lowest BCUT2D eigenvalue weighted by Crippen LogP contribution is -2.41. The fourth-order valence-corrected chi connectivity index (χ4v) is 1.93. The van der Waals surface area contributed by atoms with Crippen molar-refractivity contribution in [3.63, 3.8) is 0 Å². The molecule has 0 bridgehead atoms. The van der Waals surface area contributed by atoms with Crippen molar-refractivity contribution in [3.05, 3.63) is 18.3 Å². The van der Waals surface area contributed by atoms with E-state index in [9.17, 15) is 4.79 Å². The van der Waals surface area contributed by atoms with Gasteiger partial charge in [0.15, 0.2) is 5.82 Å². The molecule has 1 aromatic rings. The number of amides is 1. The third kappa shape index (κ3) is 3.24. The molecule has 1 saturated heterocycles. The summed E-state index contributed by atoms with van der Waals surface area (Å²) < 4.78 is 5.37. The number of rotatable bonds is 5. The number of carbonyl (C=O) groups is 1. The highest BCUT2D eigenvalue weighted by molar-refractivity contribution is 5.92. The zero-order chi connectivity index (χ0) is 12.8. The van der Waals surface area contributed by atoms with E-state index < -0.39 is 0 Å². The Morgan fingerprint density at radius 3 is 3.17 bits per heavy atom. The second-order valence-corrected chi connectivity index (χ2v) is 4.30. The van der Waals surface area contributed by atoms with Crippen molar-refractivity contribution < 1.29 is 9.53 Å². The van der Waals surface area contributed by atoms with E-state index in [0.29, 0.717) is 19.0 Å². The van der Waals surface area contributed by atoms with Crippen LogP contribution in [0.5, 0.6) is 0 Å². The van der Waals surface area contributed by atoms with E-state index in [-0.39, 0.29) is 17.9 Å². The van der Waals surface area contributed by atoms with Crippen LogP contribution >= 0.6 is 0 Å². The molecule has 0 saturated carbocycles. The fourth-order valence-electron chi connectivity index (χ4n) is 1.93. The van der Waals surface area contributed by atoms with Crippen molar-refractivity contribution in [1.29, 1.82) is 0 Å². The number of hydrogen-bond donors (Lipinski definition) is 2. The maximum atomic E-state index is 12.1. The van der Waals surface area contributed by atoms with Gasteiger partial charge in [0.1, 0.15) is 0 Å². The molecule has 1 aliphatic rings. The van der Waals surface area contributed by atoms with Crippen LogP contribution in [0.2, 0.25) is 0 Å². The molecule has 0 aliphatic carbocycles. The minimum atomic E-state index is -0.168. The number of nitrogens with one attached hydrogen (secondary N) is 2. The first-order valence-corrected chi connectivity index (χ1v) is 6.21. The Morgan fingerprint density at radius 1 is 1.56 bits per heavy atom. The summed E-state index contributed by atoms with van der Waals surface area (Å²) in [6.45, 7) is 4.02. The summed E-state index contributed by atoms with van der Waals surface area (Å²) in [4.78, 5) is 12.1. The topological polar surface area (TPSA) is 76.1 Å². The van der Waals surface area contributed by atoms with Gasteiger partial charge in [0.2, 0.25) is 5.91 Å². The summed E-state index contributed by atoms with van der Waals surface area (Å²) in [7, 11) is 0. The number of nitrogens with zero attached hydrogens (tertiary/aromatic N) is 2. The van der Waals surface area contributed by atoms with Gasteiger partial charge in [-0.25, -0.2) is 0 Å². The van der Waals surface area contributed by atoms with Gasteiger partial charge in [0.05, 0.1) is 19.1 Å². The Kier molecular flexibility index (Phi) is 4.60. The first kappa shape index (κ1) is 12.9. The summed E-state index contributed by atoms with van der Waals surface area (Å²) in [6, 6.07) is 3.54. The molecule has 0 radical (unpaired) electrons. The molecule has 0 aromatic carbocycles. The number of carbonyl (C=O) groups excluding carboxylic acids is 1. The van der Waals surface area contributed by atoms with Crippen LogP contribution in [0, 0.1) is 5.92 Å². The van der Waals surface area contributed by atoms with E-state index in [1.54, 1.807) is 18.3 Å². The van der Waals surface area contributed by atoms with Crippen LogP contribution in [0.1, 0.15) is 13.3 Å². The Bertz CT molecular complexity index is 385. The molecule has 2 heterocycles. The van der Waals surface area contributed by atoms with Crippen molar-refractivity contribution in [2.24, 2.45) is 5.92 Å². The normalized spacial score (nSPS) is 22.9. The van der Waals surface area contributed by atoms with E-state index in [4.69, 9.17) is 4.74 Å². The highest BCUT2D eigenvalue weighted by Crippen LogP contribution is 2.15. The number of ether oxygens (including phenoxy) is 1. The maximum absolute atomic E-state index is 12.1. The third-order valence-corrected chi connectivity index (χ3v) is 2.90. The molecule has 1 fully saturated rings. The first-order valence-electron chi connectivity index (χ1n) is 6.21. The summed E-state index contributed by atoms with van der Waals surface area (Å²) in [5.41, 5.74) is 0. The zero-order valence-electron chi connectivity index (χ0n) is 10.4. The van der Waals surface area contributed by atoms with E-state index in [0.717, 1.165) is 13.0 Å². The van der Waals surface area contributed by atoms with Gasteiger partial charge in [0, 0.05) is 12.2 Å². The number of hydrogen-bond acceptors (Lipinski definition) is 5. The average molecular weight is 250 g/mol. The molecule has 2 atom stereocenters. The Balaban J connectivity index is 1.91. The minimum Gasteiger partial charge on any atom is -0.379 e. The van der Waals surface area contributed by atoms with Crippen molar-refractivity contribution in [1.82, 2.24) is 15.5 Å². The van der Waals surface area contributed by atoms with Crippen LogP contribution in [0.25, 0.3) is 0 Å². The molecule has 6 nitrogen and oxygen atoms in total. The van der Waals surface area contributed by atoms with E-state index in [1.165, 1.54) is 0 Å². The van der Waals surface area contributed by atoms with E-state index in [1.807, 2.05) is 0 Å². The molecular formula is C12H18N4O2. The summed E-state index contributed by atoms with van der Waals surface area (Å²) >= 11 is 0. The summed E-state index contributed by atoms with van der Waals surface area (Å²) in [5.74, 6) is 0.240. The summed E-state index contributed by atoms with van der Waals surface area (Å²) in [6.07, 6.45) is 2.61. The predicted molar refractivity (Wildman–Crippen MR) is 67.1 cm³/mol. The van der Waals surface area contributed by atoms with Crippen LogP contribution in [0.3, 0.4) is 0 Å². The number of anilines is 1. The third-order valence-electron chi connectivity index (χ3n) is 2.90. The van der Waals surface area contributed by atoms with Gasteiger partial charge in [-0.05, 0) is 25.1 Å². The molecular weight excluding hydrogens is 232 g/mol. The summed E-state index contributed by atoms with van der Waals surface area (Å²) in [5, 5.41) is 13.6. The largest absolute Gasteiger partial charge is 0.379 e. The smallest absolute Gasteiger partial charge is 0.232 e. The lowest BCUT2D eigenvalue weighted by Gasteiger charge is -2.17. The van der Waals surface area contributed by atoms with Crippen LogP contribution in [-0.4, -0.2) is 41.9 Å². The molecule has 1 aliphatic heterocycles. The van der Waals surface area contributed by atoms with Crippen LogP contribution in [-0.2, 0) is 9.53 Å².